The molecule has 0 aromatic heterocycles. The molecule has 0 radical (unpaired) electrons. The van der Waals surface area contributed by atoms with Crippen molar-refractivity contribution in [3.8, 4) is 0 Å². The Morgan fingerprint density at radius 2 is 2.06 bits per heavy atom. The largest absolute Gasteiger partial charge is 0.336 e. The van der Waals surface area contributed by atoms with Crippen molar-refractivity contribution in [2.45, 2.75) is 39.2 Å². The number of rotatable bonds is 4. The fraction of sp³-hybridized carbons (Fsp3) is 0.917. The van der Waals surface area contributed by atoms with Crippen LogP contribution in [0.4, 0.5) is 4.79 Å². The molecule has 1 saturated heterocycles. The third-order valence-electron chi connectivity index (χ3n) is 3.09. The van der Waals surface area contributed by atoms with Gasteiger partial charge in [0.1, 0.15) is 0 Å². The van der Waals surface area contributed by atoms with Crippen LogP contribution in [-0.4, -0.2) is 43.7 Å². The van der Waals surface area contributed by atoms with E-state index in [2.05, 4.69) is 10.6 Å². The third kappa shape index (κ3) is 4.84. The molecule has 0 unspecified atom stereocenters. The normalized spacial score (nSPS) is 17.5. The van der Waals surface area contributed by atoms with E-state index in [9.17, 15) is 4.79 Å². The standard InChI is InChI=1S/C12H25N3O/c1-10(2)14-12(16)15(3)9-6-11-4-7-13-8-5-11/h10-11,13H,4-9H2,1-3H3,(H,14,16). The molecule has 0 aromatic rings. The first-order valence-corrected chi connectivity index (χ1v) is 6.32. The van der Waals surface area contributed by atoms with Crippen molar-refractivity contribution < 1.29 is 4.79 Å². The Labute approximate surface area is 98.8 Å². The summed E-state index contributed by atoms with van der Waals surface area (Å²) in [5.41, 5.74) is 0. The molecule has 94 valence electrons. The topological polar surface area (TPSA) is 44.4 Å². The summed E-state index contributed by atoms with van der Waals surface area (Å²) >= 11 is 0. The summed E-state index contributed by atoms with van der Waals surface area (Å²) in [7, 11) is 1.87. The second kappa shape index (κ2) is 6.74. The Kier molecular flexibility index (Phi) is 5.60. The second-order valence-electron chi connectivity index (χ2n) is 5.01. The summed E-state index contributed by atoms with van der Waals surface area (Å²) in [6.45, 7) is 7.10. The van der Waals surface area contributed by atoms with E-state index < -0.39 is 0 Å². The molecule has 1 heterocycles. The molecule has 16 heavy (non-hydrogen) atoms. The zero-order valence-corrected chi connectivity index (χ0v) is 10.8. The van der Waals surface area contributed by atoms with Gasteiger partial charge < -0.3 is 15.5 Å². The quantitative estimate of drug-likeness (QED) is 0.763. The second-order valence-corrected chi connectivity index (χ2v) is 5.01. The summed E-state index contributed by atoms with van der Waals surface area (Å²) in [4.78, 5) is 13.4. The van der Waals surface area contributed by atoms with Crippen LogP contribution in [-0.2, 0) is 0 Å². The zero-order chi connectivity index (χ0) is 12.0. The van der Waals surface area contributed by atoms with Crippen LogP contribution in [0.25, 0.3) is 0 Å². The average Bonchev–Trinajstić information content (AvgIpc) is 2.26. The third-order valence-corrected chi connectivity index (χ3v) is 3.09. The molecule has 1 fully saturated rings. The molecule has 0 aliphatic carbocycles. The Balaban J connectivity index is 2.17. The van der Waals surface area contributed by atoms with Crippen LogP contribution in [0.5, 0.6) is 0 Å². The molecule has 4 heteroatoms. The van der Waals surface area contributed by atoms with Gasteiger partial charge >= 0.3 is 6.03 Å². The summed E-state index contributed by atoms with van der Waals surface area (Å²) in [6, 6.07) is 0.262. The van der Waals surface area contributed by atoms with Gasteiger partial charge in [-0.3, -0.25) is 0 Å². The van der Waals surface area contributed by atoms with Crippen LogP contribution in [0, 0.1) is 5.92 Å². The van der Waals surface area contributed by atoms with Crippen molar-refractivity contribution in [2.75, 3.05) is 26.7 Å². The van der Waals surface area contributed by atoms with E-state index in [-0.39, 0.29) is 12.1 Å². The molecule has 4 nitrogen and oxygen atoms in total. The highest BCUT2D eigenvalue weighted by atomic mass is 16.2. The fourth-order valence-corrected chi connectivity index (χ4v) is 2.01. The molecule has 0 aromatic carbocycles. The van der Waals surface area contributed by atoms with Gasteiger partial charge in [-0.25, -0.2) is 4.79 Å². The lowest BCUT2D eigenvalue weighted by molar-refractivity contribution is 0.200. The number of carbonyl (C=O) groups is 1. The molecule has 1 aliphatic heterocycles. The van der Waals surface area contributed by atoms with Crippen molar-refractivity contribution in [2.24, 2.45) is 5.92 Å². The smallest absolute Gasteiger partial charge is 0.317 e. The number of hydrogen-bond acceptors (Lipinski definition) is 2. The lowest BCUT2D eigenvalue weighted by Crippen LogP contribution is -2.41. The molecule has 2 N–H and O–H groups in total. The minimum Gasteiger partial charge on any atom is -0.336 e. The number of nitrogens with zero attached hydrogens (tertiary/aromatic N) is 1. The molecule has 1 aliphatic rings. The van der Waals surface area contributed by atoms with E-state index in [1.165, 1.54) is 12.8 Å². The molecule has 0 bridgehead atoms. The monoisotopic (exact) mass is 227 g/mol. The van der Waals surface area contributed by atoms with Gasteiger partial charge in [-0.2, -0.15) is 0 Å². The maximum absolute atomic E-state index is 11.6. The van der Waals surface area contributed by atoms with Gasteiger partial charge in [0.25, 0.3) is 0 Å². The van der Waals surface area contributed by atoms with Gasteiger partial charge in [0, 0.05) is 19.6 Å². The van der Waals surface area contributed by atoms with Crippen LogP contribution in [0.15, 0.2) is 0 Å². The van der Waals surface area contributed by atoms with Gasteiger partial charge in [0.15, 0.2) is 0 Å². The Morgan fingerprint density at radius 3 is 2.62 bits per heavy atom. The summed E-state index contributed by atoms with van der Waals surface area (Å²) in [5, 5.41) is 6.26. The molecule has 2 amide bonds. The van der Waals surface area contributed by atoms with E-state index in [0.717, 1.165) is 32.0 Å². The van der Waals surface area contributed by atoms with Crippen LogP contribution >= 0.6 is 0 Å². The van der Waals surface area contributed by atoms with Gasteiger partial charge in [0.05, 0.1) is 0 Å². The molecule has 1 rings (SSSR count). The highest BCUT2D eigenvalue weighted by molar-refractivity contribution is 5.74. The van der Waals surface area contributed by atoms with Crippen LogP contribution in [0.1, 0.15) is 33.1 Å². The highest BCUT2D eigenvalue weighted by Gasteiger charge is 2.15. The average molecular weight is 227 g/mol. The number of amides is 2. The van der Waals surface area contributed by atoms with Gasteiger partial charge in [0.2, 0.25) is 0 Å². The van der Waals surface area contributed by atoms with Crippen molar-refractivity contribution >= 4 is 6.03 Å². The summed E-state index contributed by atoms with van der Waals surface area (Å²) < 4.78 is 0. The van der Waals surface area contributed by atoms with Crippen LogP contribution in [0.2, 0.25) is 0 Å². The Morgan fingerprint density at radius 1 is 1.44 bits per heavy atom. The predicted octanol–water partition coefficient (Wildman–Crippen LogP) is 1.43. The fourth-order valence-electron chi connectivity index (χ4n) is 2.01. The number of carbonyl (C=O) groups excluding carboxylic acids is 1. The van der Waals surface area contributed by atoms with Crippen molar-refractivity contribution in [1.82, 2.24) is 15.5 Å². The molecular weight excluding hydrogens is 202 g/mol. The lowest BCUT2D eigenvalue weighted by atomic mass is 9.94. The van der Waals surface area contributed by atoms with Crippen molar-refractivity contribution in [3.63, 3.8) is 0 Å². The molecule has 0 saturated carbocycles. The molecule has 0 atom stereocenters. The van der Waals surface area contributed by atoms with Gasteiger partial charge in [-0.15, -0.1) is 0 Å². The number of hydrogen-bond donors (Lipinski definition) is 2. The minimum atomic E-state index is 0.0453. The molecule has 0 spiro atoms. The van der Waals surface area contributed by atoms with E-state index >= 15 is 0 Å². The Hall–Kier alpha value is -0.770. The van der Waals surface area contributed by atoms with Gasteiger partial charge in [-0.1, -0.05) is 0 Å². The predicted molar refractivity (Wildman–Crippen MR) is 66.5 cm³/mol. The number of urea groups is 1. The van der Waals surface area contributed by atoms with Crippen LogP contribution < -0.4 is 10.6 Å². The highest BCUT2D eigenvalue weighted by Crippen LogP contribution is 2.15. The first kappa shape index (κ1) is 13.3. The SMILES string of the molecule is CC(C)NC(=O)N(C)CCC1CCNCC1. The van der Waals surface area contributed by atoms with E-state index in [0.29, 0.717) is 0 Å². The maximum atomic E-state index is 11.6. The van der Waals surface area contributed by atoms with Gasteiger partial charge in [-0.05, 0) is 52.1 Å². The summed E-state index contributed by atoms with van der Waals surface area (Å²) in [6.07, 6.45) is 3.63. The number of nitrogens with one attached hydrogen (secondary N) is 2. The van der Waals surface area contributed by atoms with E-state index in [1.54, 1.807) is 4.90 Å². The first-order valence-electron chi connectivity index (χ1n) is 6.32. The van der Waals surface area contributed by atoms with Crippen molar-refractivity contribution in [3.05, 3.63) is 0 Å². The zero-order valence-electron chi connectivity index (χ0n) is 10.8. The Bertz CT molecular complexity index is 212. The number of piperidine rings is 1. The first-order chi connectivity index (χ1) is 7.59. The molecular formula is C12H25N3O. The van der Waals surface area contributed by atoms with E-state index in [1.807, 2.05) is 20.9 Å². The van der Waals surface area contributed by atoms with E-state index in [4.69, 9.17) is 0 Å². The summed E-state index contributed by atoms with van der Waals surface area (Å²) in [5.74, 6) is 0.788. The maximum Gasteiger partial charge on any atom is 0.317 e. The minimum absolute atomic E-state index is 0.0453. The van der Waals surface area contributed by atoms with Crippen molar-refractivity contribution in [1.29, 1.82) is 0 Å². The van der Waals surface area contributed by atoms with Crippen LogP contribution in [0.3, 0.4) is 0 Å². The lowest BCUT2D eigenvalue weighted by Gasteiger charge is -2.25.